The highest BCUT2D eigenvalue weighted by Crippen LogP contribution is 2.29. The molecule has 1 heterocycles. The van der Waals surface area contributed by atoms with Gasteiger partial charge in [0.2, 0.25) is 0 Å². The van der Waals surface area contributed by atoms with Crippen LogP contribution in [0.5, 0.6) is 5.75 Å². The molecule has 0 N–H and O–H groups in total. The van der Waals surface area contributed by atoms with Gasteiger partial charge in [-0.05, 0) is 12.1 Å². The molecule has 0 saturated heterocycles. The Morgan fingerprint density at radius 3 is 3.07 bits per heavy atom. The van der Waals surface area contributed by atoms with Gasteiger partial charge in [-0.1, -0.05) is 12.1 Å². The van der Waals surface area contributed by atoms with E-state index >= 15 is 0 Å². The number of benzene rings is 1. The number of hydrogen-bond donors (Lipinski definition) is 0. The molecule has 0 aliphatic carbocycles. The molecular formula is C12H9NO2. The number of ether oxygens (including phenoxy) is 1. The van der Waals surface area contributed by atoms with E-state index in [0.29, 0.717) is 11.3 Å². The molecule has 0 aliphatic rings. The van der Waals surface area contributed by atoms with Gasteiger partial charge in [0.25, 0.3) is 0 Å². The number of nitrogens with zero attached hydrogens (tertiary/aromatic N) is 1. The van der Waals surface area contributed by atoms with Crippen molar-refractivity contribution >= 4 is 17.0 Å². The molecule has 1 aromatic carbocycles. The van der Waals surface area contributed by atoms with E-state index in [1.807, 2.05) is 24.3 Å². The van der Waals surface area contributed by atoms with E-state index in [4.69, 9.17) is 14.4 Å². The first-order chi connectivity index (χ1) is 7.36. The SMILES string of the molecule is COc1cccc2c(/C=C/C#N)coc12. The number of hydrogen-bond acceptors (Lipinski definition) is 3. The van der Waals surface area contributed by atoms with Crippen LogP contribution in [0, 0.1) is 11.3 Å². The predicted molar refractivity (Wildman–Crippen MR) is 57.4 cm³/mol. The van der Waals surface area contributed by atoms with Gasteiger partial charge >= 0.3 is 0 Å². The number of allylic oxidation sites excluding steroid dienone is 1. The van der Waals surface area contributed by atoms with Crippen molar-refractivity contribution in [1.29, 1.82) is 5.26 Å². The average Bonchev–Trinajstić information content (AvgIpc) is 2.69. The minimum atomic E-state index is 0.698. The van der Waals surface area contributed by atoms with Gasteiger partial charge in [-0.15, -0.1) is 0 Å². The molecule has 0 aliphatic heterocycles. The zero-order valence-corrected chi connectivity index (χ0v) is 8.23. The fourth-order valence-corrected chi connectivity index (χ4v) is 1.47. The van der Waals surface area contributed by atoms with Crippen LogP contribution in [0.4, 0.5) is 0 Å². The van der Waals surface area contributed by atoms with Gasteiger partial charge in [0, 0.05) is 17.0 Å². The van der Waals surface area contributed by atoms with Crippen LogP contribution < -0.4 is 4.74 Å². The van der Waals surface area contributed by atoms with Crippen molar-refractivity contribution in [1.82, 2.24) is 0 Å². The molecule has 2 aromatic rings. The van der Waals surface area contributed by atoms with Gasteiger partial charge in [-0.2, -0.15) is 5.26 Å². The van der Waals surface area contributed by atoms with Crippen LogP contribution in [-0.4, -0.2) is 7.11 Å². The summed E-state index contributed by atoms with van der Waals surface area (Å²) in [6.45, 7) is 0. The van der Waals surface area contributed by atoms with Crippen LogP contribution in [0.1, 0.15) is 5.56 Å². The first-order valence-electron chi connectivity index (χ1n) is 4.47. The predicted octanol–water partition coefficient (Wildman–Crippen LogP) is 2.98. The van der Waals surface area contributed by atoms with Crippen molar-refractivity contribution in [3.05, 3.63) is 36.1 Å². The zero-order chi connectivity index (χ0) is 10.7. The quantitative estimate of drug-likeness (QED) is 0.698. The van der Waals surface area contributed by atoms with Crippen molar-refractivity contribution in [2.75, 3.05) is 7.11 Å². The summed E-state index contributed by atoms with van der Waals surface area (Å²) in [6, 6.07) is 7.60. The standard InChI is InChI=1S/C12H9NO2/c1-14-11-6-2-5-10-9(4-3-7-13)8-15-12(10)11/h2-6,8H,1H3/b4-3+. The van der Waals surface area contributed by atoms with E-state index in [1.165, 1.54) is 6.08 Å². The monoisotopic (exact) mass is 199 g/mol. The van der Waals surface area contributed by atoms with E-state index in [9.17, 15) is 0 Å². The Balaban J connectivity index is 2.62. The molecule has 0 bridgehead atoms. The summed E-state index contributed by atoms with van der Waals surface area (Å²) in [6.07, 6.45) is 4.75. The van der Waals surface area contributed by atoms with Crippen molar-refractivity contribution in [3.63, 3.8) is 0 Å². The second-order valence-corrected chi connectivity index (χ2v) is 2.99. The topological polar surface area (TPSA) is 46.2 Å². The lowest BCUT2D eigenvalue weighted by molar-refractivity contribution is 0.410. The first-order valence-corrected chi connectivity index (χ1v) is 4.47. The van der Waals surface area contributed by atoms with Gasteiger partial charge in [0.15, 0.2) is 11.3 Å². The van der Waals surface area contributed by atoms with Crippen LogP contribution in [-0.2, 0) is 0 Å². The molecule has 0 atom stereocenters. The second-order valence-electron chi connectivity index (χ2n) is 2.99. The average molecular weight is 199 g/mol. The summed E-state index contributed by atoms with van der Waals surface area (Å²) >= 11 is 0. The number of methoxy groups -OCH3 is 1. The number of furan rings is 1. The first kappa shape index (κ1) is 9.35. The number of fused-ring (bicyclic) bond motifs is 1. The highest BCUT2D eigenvalue weighted by molar-refractivity contribution is 5.91. The number of para-hydroxylation sites is 1. The van der Waals surface area contributed by atoms with Gasteiger partial charge < -0.3 is 9.15 Å². The molecule has 15 heavy (non-hydrogen) atoms. The summed E-state index contributed by atoms with van der Waals surface area (Å²) in [4.78, 5) is 0. The van der Waals surface area contributed by atoms with E-state index in [-0.39, 0.29) is 0 Å². The Bertz CT molecular complexity index is 546. The van der Waals surface area contributed by atoms with Crippen molar-refractivity contribution in [2.45, 2.75) is 0 Å². The smallest absolute Gasteiger partial charge is 0.176 e. The highest BCUT2D eigenvalue weighted by atomic mass is 16.5. The Morgan fingerprint density at radius 1 is 1.47 bits per heavy atom. The third-order valence-corrected chi connectivity index (χ3v) is 2.15. The molecule has 0 unspecified atom stereocenters. The van der Waals surface area contributed by atoms with E-state index in [2.05, 4.69) is 0 Å². The summed E-state index contributed by atoms with van der Waals surface area (Å²) in [7, 11) is 1.60. The third-order valence-electron chi connectivity index (χ3n) is 2.15. The van der Waals surface area contributed by atoms with Crippen LogP contribution in [0.15, 0.2) is 35.0 Å². The summed E-state index contributed by atoms with van der Waals surface area (Å²) in [5.74, 6) is 0.698. The van der Waals surface area contributed by atoms with Gasteiger partial charge in [-0.3, -0.25) is 0 Å². The maximum atomic E-state index is 8.45. The normalized spacial score (nSPS) is 10.7. The molecule has 0 radical (unpaired) electrons. The lowest BCUT2D eigenvalue weighted by Gasteiger charge is -1.98. The van der Waals surface area contributed by atoms with Crippen LogP contribution in [0.25, 0.3) is 17.0 Å². The second kappa shape index (κ2) is 3.89. The van der Waals surface area contributed by atoms with Crippen molar-refractivity contribution in [3.8, 4) is 11.8 Å². The van der Waals surface area contributed by atoms with E-state index in [0.717, 1.165) is 10.9 Å². The van der Waals surface area contributed by atoms with E-state index < -0.39 is 0 Å². The molecule has 3 heteroatoms. The van der Waals surface area contributed by atoms with E-state index in [1.54, 1.807) is 19.4 Å². The molecule has 0 spiro atoms. The number of rotatable bonds is 2. The molecule has 0 saturated carbocycles. The molecular weight excluding hydrogens is 190 g/mol. The summed E-state index contributed by atoms with van der Waals surface area (Å²) in [5.41, 5.74) is 1.59. The molecule has 1 aromatic heterocycles. The van der Waals surface area contributed by atoms with Crippen LogP contribution in [0.2, 0.25) is 0 Å². The minimum Gasteiger partial charge on any atom is -0.493 e. The fraction of sp³-hybridized carbons (Fsp3) is 0.0833. The van der Waals surface area contributed by atoms with Crippen molar-refractivity contribution < 1.29 is 9.15 Å². The molecule has 3 nitrogen and oxygen atoms in total. The van der Waals surface area contributed by atoms with Gasteiger partial charge in [0.1, 0.15) is 0 Å². The maximum Gasteiger partial charge on any atom is 0.176 e. The van der Waals surface area contributed by atoms with Gasteiger partial charge in [0.05, 0.1) is 19.4 Å². The third kappa shape index (κ3) is 1.57. The Labute approximate surface area is 87.2 Å². The number of nitriles is 1. The molecule has 0 fully saturated rings. The summed E-state index contributed by atoms with van der Waals surface area (Å²) < 4.78 is 10.5. The lowest BCUT2D eigenvalue weighted by Crippen LogP contribution is -1.81. The lowest BCUT2D eigenvalue weighted by atomic mass is 10.1. The maximum absolute atomic E-state index is 8.45. The van der Waals surface area contributed by atoms with Gasteiger partial charge in [-0.25, -0.2) is 0 Å². The Hall–Kier alpha value is -2.21. The highest BCUT2D eigenvalue weighted by Gasteiger charge is 2.07. The summed E-state index contributed by atoms with van der Waals surface area (Å²) in [5, 5.41) is 9.39. The van der Waals surface area contributed by atoms with Crippen LogP contribution >= 0.6 is 0 Å². The Morgan fingerprint density at radius 2 is 2.33 bits per heavy atom. The fourth-order valence-electron chi connectivity index (χ4n) is 1.47. The molecule has 2 rings (SSSR count). The largest absolute Gasteiger partial charge is 0.493 e. The Kier molecular flexibility index (Phi) is 2.42. The minimum absolute atomic E-state index is 0.698. The molecule has 0 amide bonds. The zero-order valence-electron chi connectivity index (χ0n) is 8.23. The van der Waals surface area contributed by atoms with Crippen LogP contribution in [0.3, 0.4) is 0 Å². The van der Waals surface area contributed by atoms with Crippen molar-refractivity contribution in [2.24, 2.45) is 0 Å². The molecule has 74 valence electrons.